The summed E-state index contributed by atoms with van der Waals surface area (Å²) in [6, 6.07) is 10.5. The minimum absolute atomic E-state index is 0.0636. The number of hydrogen-bond acceptors (Lipinski definition) is 3. The van der Waals surface area contributed by atoms with Gasteiger partial charge in [-0.1, -0.05) is 18.2 Å². The van der Waals surface area contributed by atoms with Crippen LogP contribution in [0.25, 0.3) is 0 Å². The minimum Gasteiger partial charge on any atom is -0.395 e. The van der Waals surface area contributed by atoms with Crippen molar-refractivity contribution in [3.8, 4) is 0 Å². The van der Waals surface area contributed by atoms with Crippen molar-refractivity contribution in [1.82, 2.24) is 4.90 Å². The number of benzene rings is 1. The number of hydrogen-bond donors (Lipinski definition) is 1. The number of aliphatic hydroxyl groups is 1. The Bertz CT molecular complexity index is 379. The van der Waals surface area contributed by atoms with Gasteiger partial charge in [0.2, 0.25) is 5.91 Å². The third-order valence-corrected chi connectivity index (χ3v) is 3.99. The number of thioether (sulfide) groups is 1. The second kappa shape index (κ2) is 6.81. The van der Waals surface area contributed by atoms with Gasteiger partial charge >= 0.3 is 0 Å². The van der Waals surface area contributed by atoms with Gasteiger partial charge < -0.3 is 10.0 Å². The van der Waals surface area contributed by atoms with Crippen LogP contribution in [0.15, 0.2) is 35.2 Å². The zero-order valence-electron chi connectivity index (χ0n) is 10.4. The number of nitrogens with zero attached hydrogens (tertiary/aromatic N) is 1. The first-order valence-electron chi connectivity index (χ1n) is 6.39. The molecule has 0 atom stereocenters. The van der Waals surface area contributed by atoms with E-state index in [-0.39, 0.29) is 12.5 Å². The third kappa shape index (κ3) is 4.03. The van der Waals surface area contributed by atoms with Gasteiger partial charge in [-0.2, -0.15) is 0 Å². The van der Waals surface area contributed by atoms with E-state index in [1.165, 1.54) is 4.90 Å². The fraction of sp³-hybridized carbons (Fsp3) is 0.500. The van der Waals surface area contributed by atoms with Gasteiger partial charge in [-0.05, 0) is 25.0 Å². The summed E-state index contributed by atoms with van der Waals surface area (Å²) in [5.41, 5.74) is 0. The number of amides is 1. The van der Waals surface area contributed by atoms with E-state index in [2.05, 4.69) is 12.1 Å². The molecule has 1 aliphatic carbocycles. The summed E-state index contributed by atoms with van der Waals surface area (Å²) in [5, 5.41) is 8.97. The Labute approximate surface area is 112 Å². The van der Waals surface area contributed by atoms with Crippen LogP contribution < -0.4 is 0 Å². The van der Waals surface area contributed by atoms with Crippen LogP contribution >= 0.6 is 11.8 Å². The van der Waals surface area contributed by atoms with Crippen LogP contribution in [0.2, 0.25) is 0 Å². The molecule has 0 aliphatic heterocycles. The Morgan fingerprint density at radius 1 is 1.33 bits per heavy atom. The molecule has 1 aromatic carbocycles. The Morgan fingerprint density at radius 3 is 2.67 bits per heavy atom. The maximum atomic E-state index is 12.0. The molecule has 1 amide bonds. The number of carbonyl (C=O) groups is 1. The van der Waals surface area contributed by atoms with E-state index < -0.39 is 0 Å². The van der Waals surface area contributed by atoms with Crippen LogP contribution in [0.1, 0.15) is 19.3 Å². The van der Waals surface area contributed by atoms with Gasteiger partial charge in [0.15, 0.2) is 0 Å². The molecule has 0 saturated heterocycles. The SMILES string of the molecule is O=C(CCSc1ccccc1)N(CCO)C1CC1. The molecule has 2 rings (SSSR count). The molecule has 0 heterocycles. The van der Waals surface area contributed by atoms with Crippen molar-refractivity contribution in [2.45, 2.75) is 30.2 Å². The first kappa shape index (κ1) is 13.4. The van der Waals surface area contributed by atoms with Crippen molar-refractivity contribution < 1.29 is 9.90 Å². The van der Waals surface area contributed by atoms with Crippen molar-refractivity contribution in [1.29, 1.82) is 0 Å². The monoisotopic (exact) mass is 265 g/mol. The smallest absolute Gasteiger partial charge is 0.223 e. The number of aliphatic hydroxyl groups excluding tert-OH is 1. The molecule has 18 heavy (non-hydrogen) atoms. The molecule has 0 aromatic heterocycles. The summed E-state index contributed by atoms with van der Waals surface area (Å²) >= 11 is 1.71. The van der Waals surface area contributed by atoms with Crippen LogP contribution in [0.5, 0.6) is 0 Å². The van der Waals surface area contributed by atoms with E-state index in [4.69, 9.17) is 5.11 Å². The van der Waals surface area contributed by atoms with Gasteiger partial charge in [0, 0.05) is 29.7 Å². The molecule has 0 radical (unpaired) electrons. The predicted molar refractivity (Wildman–Crippen MR) is 73.6 cm³/mol. The topological polar surface area (TPSA) is 40.5 Å². The highest BCUT2D eigenvalue weighted by molar-refractivity contribution is 7.99. The van der Waals surface area contributed by atoms with Gasteiger partial charge in [-0.15, -0.1) is 11.8 Å². The summed E-state index contributed by atoms with van der Waals surface area (Å²) in [4.78, 5) is 15.0. The van der Waals surface area contributed by atoms with Gasteiger partial charge in [-0.25, -0.2) is 0 Å². The highest BCUT2D eigenvalue weighted by Crippen LogP contribution is 2.27. The lowest BCUT2D eigenvalue weighted by molar-refractivity contribution is -0.131. The highest BCUT2D eigenvalue weighted by atomic mass is 32.2. The highest BCUT2D eigenvalue weighted by Gasteiger charge is 2.31. The van der Waals surface area contributed by atoms with Crippen molar-refractivity contribution in [3.63, 3.8) is 0 Å². The van der Waals surface area contributed by atoms with E-state index in [0.29, 0.717) is 19.0 Å². The quantitative estimate of drug-likeness (QED) is 0.768. The van der Waals surface area contributed by atoms with Crippen LogP contribution in [-0.2, 0) is 4.79 Å². The molecule has 1 saturated carbocycles. The van der Waals surface area contributed by atoms with E-state index in [9.17, 15) is 4.79 Å². The summed E-state index contributed by atoms with van der Waals surface area (Å²) in [5.74, 6) is 0.979. The Balaban J connectivity index is 1.73. The number of carbonyl (C=O) groups excluding carboxylic acids is 1. The van der Waals surface area contributed by atoms with Gasteiger partial charge in [0.05, 0.1) is 6.61 Å². The summed E-state index contributed by atoms with van der Waals surface area (Å²) in [6.45, 7) is 0.549. The second-order valence-corrected chi connectivity index (χ2v) is 5.62. The van der Waals surface area contributed by atoms with Crippen LogP contribution in [0.4, 0.5) is 0 Å². The lowest BCUT2D eigenvalue weighted by Crippen LogP contribution is -2.35. The van der Waals surface area contributed by atoms with Crippen molar-refractivity contribution >= 4 is 17.7 Å². The summed E-state index contributed by atoms with van der Waals surface area (Å²) in [6.07, 6.45) is 2.74. The van der Waals surface area contributed by atoms with Gasteiger partial charge in [0.25, 0.3) is 0 Å². The summed E-state index contributed by atoms with van der Waals surface area (Å²) < 4.78 is 0. The van der Waals surface area contributed by atoms with E-state index >= 15 is 0 Å². The van der Waals surface area contributed by atoms with E-state index in [1.807, 2.05) is 23.1 Å². The van der Waals surface area contributed by atoms with Gasteiger partial charge in [-0.3, -0.25) is 4.79 Å². The summed E-state index contributed by atoms with van der Waals surface area (Å²) in [7, 11) is 0. The van der Waals surface area contributed by atoms with E-state index in [1.54, 1.807) is 11.8 Å². The second-order valence-electron chi connectivity index (χ2n) is 4.45. The molecular weight excluding hydrogens is 246 g/mol. The zero-order valence-corrected chi connectivity index (χ0v) is 11.2. The standard InChI is InChI=1S/C14H19NO2S/c16-10-9-15(12-6-7-12)14(17)8-11-18-13-4-2-1-3-5-13/h1-5,12,16H,6-11H2. The molecule has 1 N–H and O–H groups in total. The maximum Gasteiger partial charge on any atom is 0.223 e. The molecule has 0 spiro atoms. The van der Waals surface area contributed by atoms with Crippen molar-refractivity contribution in [3.05, 3.63) is 30.3 Å². The molecule has 0 bridgehead atoms. The average molecular weight is 265 g/mol. The molecule has 1 aliphatic rings. The molecule has 1 fully saturated rings. The van der Waals surface area contributed by atoms with Gasteiger partial charge in [0.1, 0.15) is 0 Å². The molecule has 0 unspecified atom stereocenters. The fourth-order valence-electron chi connectivity index (χ4n) is 1.92. The fourth-order valence-corrected chi connectivity index (χ4v) is 2.78. The normalized spacial score (nSPS) is 14.5. The largest absolute Gasteiger partial charge is 0.395 e. The maximum absolute atomic E-state index is 12.0. The minimum atomic E-state index is 0.0636. The number of rotatable bonds is 7. The molecule has 3 nitrogen and oxygen atoms in total. The molecule has 4 heteroatoms. The van der Waals surface area contributed by atoms with Crippen molar-refractivity contribution in [2.75, 3.05) is 18.9 Å². The predicted octanol–water partition coefficient (Wildman–Crippen LogP) is 2.15. The Kier molecular flexibility index (Phi) is 5.08. The Morgan fingerprint density at radius 2 is 2.06 bits per heavy atom. The van der Waals surface area contributed by atoms with Crippen LogP contribution in [0, 0.1) is 0 Å². The lowest BCUT2D eigenvalue weighted by atomic mass is 10.3. The third-order valence-electron chi connectivity index (χ3n) is 2.98. The molecular formula is C14H19NO2S. The van der Waals surface area contributed by atoms with E-state index in [0.717, 1.165) is 18.6 Å². The Hall–Kier alpha value is -1.00. The average Bonchev–Trinajstić information content (AvgIpc) is 3.21. The molecule has 1 aromatic rings. The van der Waals surface area contributed by atoms with Crippen LogP contribution in [0.3, 0.4) is 0 Å². The first-order chi connectivity index (χ1) is 8.81. The van der Waals surface area contributed by atoms with Crippen molar-refractivity contribution in [2.24, 2.45) is 0 Å². The van der Waals surface area contributed by atoms with Crippen LogP contribution in [-0.4, -0.2) is 40.9 Å². The first-order valence-corrected chi connectivity index (χ1v) is 7.38. The zero-order chi connectivity index (χ0) is 12.8. The lowest BCUT2D eigenvalue weighted by Gasteiger charge is -2.21. The molecule has 98 valence electrons.